The Morgan fingerprint density at radius 2 is 2.23 bits per heavy atom. The molecule has 3 heterocycles. The molecule has 0 N–H and O–H groups in total. The van der Waals surface area contributed by atoms with Crippen LogP contribution in [-0.4, -0.2) is 20.5 Å². The maximum atomic E-state index is 12.0. The first-order valence-electron chi connectivity index (χ1n) is 6.31. The van der Waals surface area contributed by atoms with Crippen molar-refractivity contribution in [3.05, 3.63) is 62.4 Å². The molecule has 22 heavy (non-hydrogen) atoms. The van der Waals surface area contributed by atoms with Crippen LogP contribution in [0.3, 0.4) is 0 Å². The molecule has 0 radical (unpaired) electrons. The minimum Gasteiger partial charge on any atom is -0.453 e. The molecule has 0 fully saturated rings. The predicted octanol–water partition coefficient (Wildman–Crippen LogP) is 2.11. The van der Waals surface area contributed by atoms with E-state index in [1.54, 1.807) is 25.3 Å². The van der Waals surface area contributed by atoms with Crippen molar-refractivity contribution in [3.8, 4) is 0 Å². The van der Waals surface area contributed by atoms with Gasteiger partial charge in [-0.2, -0.15) is 0 Å². The van der Waals surface area contributed by atoms with Gasteiger partial charge in [0.25, 0.3) is 5.56 Å². The lowest BCUT2D eigenvalue weighted by Crippen LogP contribution is -2.16. The lowest BCUT2D eigenvalue weighted by atomic mass is 10.3. The number of ether oxygens (including phenoxy) is 1. The summed E-state index contributed by atoms with van der Waals surface area (Å²) in [7, 11) is 0. The molecule has 8 heteroatoms. The van der Waals surface area contributed by atoms with Crippen LogP contribution >= 0.6 is 15.9 Å². The third-order valence-corrected chi connectivity index (χ3v) is 3.33. The summed E-state index contributed by atoms with van der Waals surface area (Å²) in [6.07, 6.45) is 1.62. The number of esters is 1. The minimum atomic E-state index is -0.654. The van der Waals surface area contributed by atoms with E-state index in [9.17, 15) is 9.59 Å². The van der Waals surface area contributed by atoms with Crippen molar-refractivity contribution in [2.24, 2.45) is 0 Å². The topological polar surface area (TPSA) is 86.7 Å². The van der Waals surface area contributed by atoms with E-state index in [2.05, 4.69) is 26.1 Å². The van der Waals surface area contributed by atoms with Crippen LogP contribution in [0.4, 0.5) is 0 Å². The number of hydrogen-bond donors (Lipinski definition) is 0. The Balaban J connectivity index is 1.81. The molecular formula is C14H10BrN3O4. The Bertz CT molecular complexity index is 916. The second-order valence-corrected chi connectivity index (χ2v) is 5.49. The molecule has 0 unspecified atom stereocenters. The average molecular weight is 364 g/mol. The minimum absolute atomic E-state index is 0.0129. The number of carbonyl (C=O) groups excluding carboxylic acids is 1. The van der Waals surface area contributed by atoms with Crippen molar-refractivity contribution in [1.82, 2.24) is 14.5 Å². The van der Waals surface area contributed by atoms with Gasteiger partial charge in [-0.25, -0.2) is 9.78 Å². The zero-order valence-electron chi connectivity index (χ0n) is 11.4. The first kappa shape index (κ1) is 14.5. The number of aryl methyl sites for hydroxylation is 1. The van der Waals surface area contributed by atoms with Gasteiger partial charge < -0.3 is 9.26 Å². The fraction of sp³-hybridized carbons (Fsp3) is 0.143. The number of nitrogens with zero attached hydrogens (tertiary/aromatic N) is 3. The van der Waals surface area contributed by atoms with E-state index in [4.69, 9.17) is 9.26 Å². The van der Waals surface area contributed by atoms with E-state index in [0.717, 1.165) is 4.47 Å². The third-order valence-electron chi connectivity index (χ3n) is 2.86. The van der Waals surface area contributed by atoms with Crippen LogP contribution in [0.25, 0.3) is 5.65 Å². The van der Waals surface area contributed by atoms with Crippen molar-refractivity contribution >= 4 is 27.5 Å². The lowest BCUT2D eigenvalue weighted by Gasteiger charge is -2.05. The number of carbonyl (C=O) groups is 1. The molecule has 0 aliphatic heterocycles. The van der Waals surface area contributed by atoms with Gasteiger partial charge in [0.1, 0.15) is 12.3 Å². The molecule has 3 rings (SSSR count). The Hall–Kier alpha value is -2.48. The van der Waals surface area contributed by atoms with Crippen LogP contribution in [0.2, 0.25) is 0 Å². The summed E-state index contributed by atoms with van der Waals surface area (Å²) in [5, 5.41) is 3.61. The van der Waals surface area contributed by atoms with E-state index < -0.39 is 5.97 Å². The molecule has 3 aromatic rings. The molecule has 0 saturated carbocycles. The number of rotatable bonds is 3. The van der Waals surface area contributed by atoms with E-state index in [-0.39, 0.29) is 17.9 Å². The second-order valence-electron chi connectivity index (χ2n) is 4.57. The summed E-state index contributed by atoms with van der Waals surface area (Å²) < 4.78 is 12.0. The highest BCUT2D eigenvalue weighted by atomic mass is 79.9. The molecule has 0 bridgehead atoms. The molecule has 0 atom stereocenters. The predicted molar refractivity (Wildman–Crippen MR) is 79.5 cm³/mol. The number of halogens is 1. The highest BCUT2D eigenvalue weighted by molar-refractivity contribution is 9.10. The molecule has 0 amide bonds. The highest BCUT2D eigenvalue weighted by Crippen LogP contribution is 2.10. The largest absolute Gasteiger partial charge is 0.453 e. The van der Waals surface area contributed by atoms with Crippen molar-refractivity contribution < 1.29 is 14.1 Å². The molecule has 0 aliphatic rings. The monoisotopic (exact) mass is 363 g/mol. The number of hydrogen-bond acceptors (Lipinski definition) is 6. The molecule has 0 spiro atoms. The van der Waals surface area contributed by atoms with Crippen molar-refractivity contribution in [2.45, 2.75) is 13.5 Å². The van der Waals surface area contributed by atoms with Gasteiger partial charge in [0.15, 0.2) is 0 Å². The summed E-state index contributed by atoms with van der Waals surface area (Å²) in [4.78, 5) is 28.0. The Morgan fingerprint density at radius 3 is 2.95 bits per heavy atom. The normalized spacial score (nSPS) is 10.8. The standard InChI is InChI=1S/C14H10BrN3O4/c1-8-4-11(22-17-8)14(20)21-7-10-5-13(19)18-6-9(15)2-3-12(18)16-10/h2-6H,7H2,1H3. The maximum absolute atomic E-state index is 12.0. The molecule has 0 saturated heterocycles. The van der Waals surface area contributed by atoms with Gasteiger partial charge in [0.2, 0.25) is 5.76 Å². The maximum Gasteiger partial charge on any atom is 0.377 e. The van der Waals surface area contributed by atoms with Gasteiger partial charge in [0, 0.05) is 22.8 Å². The van der Waals surface area contributed by atoms with Crippen LogP contribution in [0, 0.1) is 6.92 Å². The van der Waals surface area contributed by atoms with Crippen LogP contribution in [0.1, 0.15) is 21.9 Å². The van der Waals surface area contributed by atoms with Gasteiger partial charge in [-0.1, -0.05) is 5.16 Å². The Labute approximate surface area is 132 Å². The average Bonchev–Trinajstić information content (AvgIpc) is 2.92. The van der Waals surface area contributed by atoms with E-state index >= 15 is 0 Å². The quantitative estimate of drug-likeness (QED) is 0.662. The molecular weight excluding hydrogens is 354 g/mol. The first-order valence-corrected chi connectivity index (χ1v) is 7.10. The zero-order valence-corrected chi connectivity index (χ0v) is 13.0. The van der Waals surface area contributed by atoms with Crippen molar-refractivity contribution in [1.29, 1.82) is 0 Å². The lowest BCUT2D eigenvalue weighted by molar-refractivity contribution is 0.0421. The second kappa shape index (κ2) is 5.72. The zero-order chi connectivity index (χ0) is 15.7. The summed E-state index contributed by atoms with van der Waals surface area (Å²) >= 11 is 3.29. The SMILES string of the molecule is Cc1cc(C(=O)OCc2cc(=O)n3cc(Br)ccc3n2)on1. The summed E-state index contributed by atoms with van der Waals surface area (Å²) in [6, 6.07) is 6.26. The smallest absolute Gasteiger partial charge is 0.377 e. The number of fused-ring (bicyclic) bond motifs is 1. The van der Waals surface area contributed by atoms with Gasteiger partial charge >= 0.3 is 5.97 Å². The van der Waals surface area contributed by atoms with E-state index in [1.165, 1.54) is 16.5 Å². The van der Waals surface area contributed by atoms with Crippen LogP contribution in [0.5, 0.6) is 0 Å². The Kier molecular flexibility index (Phi) is 3.76. The molecule has 3 aromatic heterocycles. The molecule has 112 valence electrons. The van der Waals surface area contributed by atoms with Crippen LogP contribution < -0.4 is 5.56 Å². The number of pyridine rings is 1. The number of aromatic nitrogens is 3. The fourth-order valence-corrected chi connectivity index (χ4v) is 2.21. The van der Waals surface area contributed by atoms with Gasteiger partial charge in [0.05, 0.1) is 11.4 Å². The van der Waals surface area contributed by atoms with E-state index in [1.807, 2.05) is 0 Å². The van der Waals surface area contributed by atoms with E-state index in [0.29, 0.717) is 17.0 Å². The van der Waals surface area contributed by atoms with Gasteiger partial charge in [-0.05, 0) is 35.0 Å². The third kappa shape index (κ3) is 2.91. The van der Waals surface area contributed by atoms with Crippen LogP contribution in [-0.2, 0) is 11.3 Å². The molecule has 7 nitrogen and oxygen atoms in total. The summed E-state index contributed by atoms with van der Waals surface area (Å²) in [5.74, 6) is -0.641. The van der Waals surface area contributed by atoms with Gasteiger partial charge in [-0.15, -0.1) is 0 Å². The molecule has 0 aromatic carbocycles. The first-order chi connectivity index (χ1) is 10.5. The fourth-order valence-electron chi connectivity index (χ4n) is 1.87. The van der Waals surface area contributed by atoms with Crippen molar-refractivity contribution in [2.75, 3.05) is 0 Å². The summed E-state index contributed by atoms with van der Waals surface area (Å²) in [5.41, 5.74) is 1.15. The highest BCUT2D eigenvalue weighted by Gasteiger charge is 2.14. The molecule has 0 aliphatic carbocycles. The van der Waals surface area contributed by atoms with Gasteiger partial charge in [-0.3, -0.25) is 9.20 Å². The summed E-state index contributed by atoms with van der Waals surface area (Å²) in [6.45, 7) is 1.57. The van der Waals surface area contributed by atoms with Crippen molar-refractivity contribution in [3.63, 3.8) is 0 Å². The van der Waals surface area contributed by atoms with Crippen LogP contribution in [0.15, 0.2) is 44.3 Å². The Morgan fingerprint density at radius 1 is 1.41 bits per heavy atom.